The standard InChI is InChI=1S/C9H11NO2S/c1-9(13-2,8(11)12)7-3-5-10-6-4-7/h3-6H,1-2H3,(H,11,12). The first kappa shape index (κ1) is 10.1. The summed E-state index contributed by atoms with van der Waals surface area (Å²) < 4.78 is -0.872. The number of carboxylic acid groups (broad SMARTS) is 1. The summed E-state index contributed by atoms with van der Waals surface area (Å²) in [4.78, 5) is 14.9. The van der Waals surface area contributed by atoms with Crippen molar-refractivity contribution in [3.05, 3.63) is 30.1 Å². The molecule has 1 N–H and O–H groups in total. The average Bonchev–Trinajstić information content (AvgIpc) is 2.17. The second-order valence-corrected chi connectivity index (χ2v) is 4.00. The molecule has 0 radical (unpaired) electrons. The summed E-state index contributed by atoms with van der Waals surface area (Å²) in [5, 5.41) is 9.04. The summed E-state index contributed by atoms with van der Waals surface area (Å²) in [6, 6.07) is 3.45. The van der Waals surface area contributed by atoms with Gasteiger partial charge in [0.1, 0.15) is 4.75 Å². The minimum atomic E-state index is -0.872. The first-order chi connectivity index (χ1) is 6.11. The van der Waals surface area contributed by atoms with Crippen LogP contribution in [0, 0.1) is 0 Å². The van der Waals surface area contributed by atoms with Gasteiger partial charge in [0.25, 0.3) is 0 Å². The minimum absolute atomic E-state index is 0.766. The van der Waals surface area contributed by atoms with E-state index in [0.717, 1.165) is 5.56 Å². The lowest BCUT2D eigenvalue weighted by Gasteiger charge is -2.22. The molecule has 1 heterocycles. The molecule has 0 fully saturated rings. The molecule has 1 aromatic heterocycles. The molecule has 70 valence electrons. The third-order valence-electron chi connectivity index (χ3n) is 2.05. The van der Waals surface area contributed by atoms with Crippen molar-refractivity contribution in [2.24, 2.45) is 0 Å². The largest absolute Gasteiger partial charge is 0.480 e. The fraction of sp³-hybridized carbons (Fsp3) is 0.333. The van der Waals surface area contributed by atoms with Crippen molar-refractivity contribution >= 4 is 17.7 Å². The first-order valence-electron chi connectivity index (χ1n) is 3.80. The Bertz CT molecular complexity index is 302. The lowest BCUT2D eigenvalue weighted by Crippen LogP contribution is -2.28. The highest BCUT2D eigenvalue weighted by Gasteiger charge is 2.33. The molecular weight excluding hydrogens is 186 g/mol. The van der Waals surface area contributed by atoms with Crippen LogP contribution in [0.25, 0.3) is 0 Å². The van der Waals surface area contributed by atoms with Gasteiger partial charge in [0.2, 0.25) is 0 Å². The molecule has 0 saturated heterocycles. The summed E-state index contributed by atoms with van der Waals surface area (Å²) in [5.74, 6) is -0.828. The Balaban J connectivity index is 3.11. The van der Waals surface area contributed by atoms with Crippen LogP contribution in [0.2, 0.25) is 0 Å². The molecule has 1 rings (SSSR count). The molecule has 0 spiro atoms. The van der Waals surface area contributed by atoms with Gasteiger partial charge in [-0.05, 0) is 30.9 Å². The van der Waals surface area contributed by atoms with E-state index in [4.69, 9.17) is 5.11 Å². The molecule has 1 aromatic rings. The topological polar surface area (TPSA) is 50.2 Å². The predicted molar refractivity (Wildman–Crippen MR) is 52.7 cm³/mol. The van der Waals surface area contributed by atoms with Crippen molar-refractivity contribution < 1.29 is 9.90 Å². The fourth-order valence-corrected chi connectivity index (χ4v) is 1.54. The number of carboxylic acids is 1. The Hall–Kier alpha value is -1.03. The van der Waals surface area contributed by atoms with Gasteiger partial charge in [0.15, 0.2) is 0 Å². The van der Waals surface area contributed by atoms with Gasteiger partial charge in [-0.3, -0.25) is 9.78 Å². The number of hydrogen-bond donors (Lipinski definition) is 1. The Morgan fingerprint density at radius 2 is 2.08 bits per heavy atom. The number of rotatable bonds is 3. The summed E-state index contributed by atoms with van der Waals surface area (Å²) in [5.41, 5.74) is 0.766. The molecule has 0 saturated carbocycles. The normalized spacial score (nSPS) is 14.9. The quantitative estimate of drug-likeness (QED) is 0.802. The number of aliphatic carboxylic acids is 1. The average molecular weight is 197 g/mol. The highest BCUT2D eigenvalue weighted by atomic mass is 32.2. The lowest BCUT2D eigenvalue weighted by molar-refractivity contribution is -0.139. The van der Waals surface area contributed by atoms with Gasteiger partial charge in [-0.1, -0.05) is 0 Å². The van der Waals surface area contributed by atoms with Crippen LogP contribution >= 0.6 is 11.8 Å². The molecule has 0 aromatic carbocycles. The van der Waals surface area contributed by atoms with E-state index in [9.17, 15) is 4.79 Å². The number of aromatic nitrogens is 1. The van der Waals surface area contributed by atoms with E-state index in [1.54, 1.807) is 37.7 Å². The van der Waals surface area contributed by atoms with Gasteiger partial charge in [0, 0.05) is 12.4 Å². The number of hydrogen-bond acceptors (Lipinski definition) is 3. The molecule has 0 aliphatic rings. The van der Waals surface area contributed by atoms with Crippen molar-refractivity contribution in [1.29, 1.82) is 0 Å². The van der Waals surface area contributed by atoms with Gasteiger partial charge in [-0.2, -0.15) is 0 Å². The molecule has 1 unspecified atom stereocenters. The highest BCUT2D eigenvalue weighted by Crippen LogP contribution is 2.33. The smallest absolute Gasteiger partial charge is 0.324 e. The van der Waals surface area contributed by atoms with Crippen LogP contribution in [0.15, 0.2) is 24.5 Å². The monoisotopic (exact) mass is 197 g/mol. The van der Waals surface area contributed by atoms with Crippen LogP contribution in [-0.2, 0) is 9.54 Å². The number of nitrogens with zero attached hydrogens (tertiary/aromatic N) is 1. The molecule has 3 nitrogen and oxygen atoms in total. The van der Waals surface area contributed by atoms with Gasteiger partial charge in [-0.15, -0.1) is 11.8 Å². The van der Waals surface area contributed by atoms with Gasteiger partial charge in [-0.25, -0.2) is 0 Å². The van der Waals surface area contributed by atoms with Crippen molar-refractivity contribution in [1.82, 2.24) is 4.98 Å². The van der Waals surface area contributed by atoms with Gasteiger partial charge < -0.3 is 5.11 Å². The Kier molecular flexibility index (Phi) is 2.93. The van der Waals surface area contributed by atoms with E-state index in [0.29, 0.717) is 0 Å². The highest BCUT2D eigenvalue weighted by molar-refractivity contribution is 8.00. The van der Waals surface area contributed by atoms with Crippen LogP contribution in [0.1, 0.15) is 12.5 Å². The zero-order valence-corrected chi connectivity index (χ0v) is 8.34. The summed E-state index contributed by atoms with van der Waals surface area (Å²) in [6.07, 6.45) is 4.99. The molecule has 0 aliphatic heterocycles. The van der Waals surface area contributed by atoms with E-state index in [-0.39, 0.29) is 0 Å². The van der Waals surface area contributed by atoms with E-state index in [2.05, 4.69) is 4.98 Å². The van der Waals surface area contributed by atoms with Crippen molar-refractivity contribution in [2.75, 3.05) is 6.26 Å². The van der Waals surface area contributed by atoms with Crippen molar-refractivity contribution in [3.63, 3.8) is 0 Å². The van der Waals surface area contributed by atoms with Crippen LogP contribution in [-0.4, -0.2) is 22.3 Å². The maximum atomic E-state index is 11.0. The Morgan fingerprint density at radius 1 is 1.54 bits per heavy atom. The van der Waals surface area contributed by atoms with E-state index >= 15 is 0 Å². The molecule has 0 amide bonds. The lowest BCUT2D eigenvalue weighted by atomic mass is 10.0. The van der Waals surface area contributed by atoms with Crippen molar-refractivity contribution in [2.45, 2.75) is 11.7 Å². The summed E-state index contributed by atoms with van der Waals surface area (Å²) in [6.45, 7) is 1.69. The number of thioether (sulfide) groups is 1. The van der Waals surface area contributed by atoms with Crippen molar-refractivity contribution in [3.8, 4) is 0 Å². The molecule has 4 heteroatoms. The third-order valence-corrected chi connectivity index (χ3v) is 3.27. The van der Waals surface area contributed by atoms with Crippen LogP contribution in [0.4, 0.5) is 0 Å². The minimum Gasteiger partial charge on any atom is -0.480 e. The van der Waals surface area contributed by atoms with E-state index in [1.165, 1.54) is 11.8 Å². The van der Waals surface area contributed by atoms with Crippen LogP contribution in [0.5, 0.6) is 0 Å². The maximum absolute atomic E-state index is 11.0. The SMILES string of the molecule is CSC(C)(C(=O)O)c1ccncc1. The van der Waals surface area contributed by atoms with Crippen LogP contribution < -0.4 is 0 Å². The van der Waals surface area contributed by atoms with Crippen LogP contribution in [0.3, 0.4) is 0 Å². The first-order valence-corrected chi connectivity index (χ1v) is 5.03. The molecule has 0 bridgehead atoms. The molecule has 0 aliphatic carbocycles. The fourth-order valence-electron chi connectivity index (χ4n) is 0.999. The Labute approximate surface area is 81.2 Å². The number of carbonyl (C=O) groups is 1. The zero-order valence-electron chi connectivity index (χ0n) is 7.52. The molecule has 13 heavy (non-hydrogen) atoms. The summed E-state index contributed by atoms with van der Waals surface area (Å²) in [7, 11) is 0. The molecular formula is C9H11NO2S. The predicted octanol–water partition coefficient (Wildman–Crippen LogP) is 1.74. The second-order valence-electron chi connectivity index (χ2n) is 2.78. The second kappa shape index (κ2) is 3.79. The maximum Gasteiger partial charge on any atom is 0.324 e. The van der Waals surface area contributed by atoms with E-state index in [1.807, 2.05) is 0 Å². The van der Waals surface area contributed by atoms with Gasteiger partial charge in [0.05, 0.1) is 0 Å². The summed E-state index contributed by atoms with van der Waals surface area (Å²) >= 11 is 1.31. The van der Waals surface area contributed by atoms with E-state index < -0.39 is 10.7 Å². The third kappa shape index (κ3) is 1.83. The molecule has 1 atom stereocenters. The number of pyridine rings is 1. The zero-order chi connectivity index (χ0) is 9.90. The Morgan fingerprint density at radius 3 is 2.46 bits per heavy atom. The van der Waals surface area contributed by atoms with Gasteiger partial charge >= 0.3 is 5.97 Å².